The van der Waals surface area contributed by atoms with Crippen LogP contribution in [0.2, 0.25) is 0 Å². The first-order valence-electron chi connectivity index (χ1n) is 7.15. The summed E-state index contributed by atoms with van der Waals surface area (Å²) in [6.07, 6.45) is 0.698. The van der Waals surface area contributed by atoms with E-state index in [1.807, 2.05) is 6.07 Å². The maximum Gasteiger partial charge on any atom is 0.266 e. The number of nitrogens with one attached hydrogen (secondary N) is 1. The summed E-state index contributed by atoms with van der Waals surface area (Å²) >= 11 is 0. The van der Waals surface area contributed by atoms with Crippen molar-refractivity contribution in [2.75, 3.05) is 13.6 Å². The zero-order valence-electron chi connectivity index (χ0n) is 13.8. The summed E-state index contributed by atoms with van der Waals surface area (Å²) in [5.74, 6) is -0.0920. The molecule has 2 N–H and O–H groups in total. The van der Waals surface area contributed by atoms with Crippen LogP contribution in [0, 0.1) is 25.2 Å². The number of aryl methyl sites for hydroxylation is 1. The average Bonchev–Trinajstić information content (AvgIpc) is 2.36. The van der Waals surface area contributed by atoms with Crippen molar-refractivity contribution in [2.45, 2.75) is 46.1 Å². The van der Waals surface area contributed by atoms with E-state index in [1.165, 1.54) is 4.90 Å². The molecule has 0 aromatic carbocycles. The number of aromatic amines is 1. The predicted molar refractivity (Wildman–Crippen MR) is 83.5 cm³/mol. The van der Waals surface area contributed by atoms with E-state index < -0.39 is 11.2 Å². The zero-order chi connectivity index (χ0) is 17.1. The molecule has 6 heteroatoms. The lowest BCUT2D eigenvalue weighted by atomic mass is 9.98. The molecule has 0 radical (unpaired) electrons. The third-order valence-corrected chi connectivity index (χ3v) is 3.56. The average molecular weight is 305 g/mol. The van der Waals surface area contributed by atoms with Crippen LogP contribution in [-0.4, -0.2) is 40.1 Å². The summed E-state index contributed by atoms with van der Waals surface area (Å²) in [4.78, 5) is 27.9. The van der Waals surface area contributed by atoms with E-state index >= 15 is 0 Å². The number of rotatable bonds is 5. The Hall–Kier alpha value is -2.13. The summed E-state index contributed by atoms with van der Waals surface area (Å²) in [6.45, 7) is 7.02. The number of hydrogen-bond donors (Lipinski definition) is 2. The molecule has 1 amide bonds. The van der Waals surface area contributed by atoms with Crippen LogP contribution in [0.15, 0.2) is 4.79 Å². The largest absolute Gasteiger partial charge is 0.389 e. The molecule has 0 fully saturated rings. The van der Waals surface area contributed by atoms with E-state index in [2.05, 4.69) is 4.98 Å². The van der Waals surface area contributed by atoms with E-state index in [0.717, 1.165) is 5.56 Å². The van der Waals surface area contributed by atoms with Crippen molar-refractivity contribution < 1.29 is 9.90 Å². The minimum atomic E-state index is -0.942. The number of hydrogen-bond acceptors (Lipinski definition) is 4. The van der Waals surface area contributed by atoms with Crippen molar-refractivity contribution >= 4 is 5.91 Å². The number of amides is 1. The van der Waals surface area contributed by atoms with Crippen LogP contribution >= 0.6 is 0 Å². The van der Waals surface area contributed by atoms with Gasteiger partial charge in [-0.1, -0.05) is 0 Å². The van der Waals surface area contributed by atoms with Gasteiger partial charge in [-0.25, -0.2) is 0 Å². The fourth-order valence-electron chi connectivity index (χ4n) is 2.51. The van der Waals surface area contributed by atoms with E-state index in [1.54, 1.807) is 34.7 Å². The van der Waals surface area contributed by atoms with Crippen molar-refractivity contribution in [1.82, 2.24) is 9.88 Å². The fraction of sp³-hybridized carbons (Fsp3) is 0.562. The van der Waals surface area contributed by atoms with Crippen LogP contribution in [0.5, 0.6) is 0 Å². The van der Waals surface area contributed by atoms with Gasteiger partial charge in [0.1, 0.15) is 11.6 Å². The summed E-state index contributed by atoms with van der Waals surface area (Å²) in [6, 6.07) is 1.90. The molecule has 1 aromatic heterocycles. The van der Waals surface area contributed by atoms with Crippen LogP contribution in [0.1, 0.15) is 42.7 Å². The van der Waals surface area contributed by atoms with Gasteiger partial charge in [0.2, 0.25) is 5.91 Å². The molecular formula is C16H23N3O3. The van der Waals surface area contributed by atoms with Crippen molar-refractivity contribution in [3.05, 3.63) is 32.7 Å². The van der Waals surface area contributed by atoms with Crippen LogP contribution in [0.25, 0.3) is 0 Å². The Labute approximate surface area is 130 Å². The standard InChI is InChI=1S/C16H23N3O3/c1-10-12(11(2)18-15(21)13(10)8-17)6-7-14(20)19(5)9-16(3,4)22/h22H,6-7,9H2,1-5H3,(H,18,21). The molecule has 0 aliphatic heterocycles. The van der Waals surface area contributed by atoms with Crippen LogP contribution in [0.4, 0.5) is 0 Å². The minimum Gasteiger partial charge on any atom is -0.389 e. The number of carbonyl (C=O) groups excluding carboxylic acids is 1. The Kier molecular flexibility index (Phi) is 5.50. The number of carbonyl (C=O) groups is 1. The fourth-order valence-corrected chi connectivity index (χ4v) is 2.51. The van der Waals surface area contributed by atoms with E-state index in [9.17, 15) is 14.7 Å². The summed E-state index contributed by atoms with van der Waals surface area (Å²) in [5.41, 5.74) is 0.884. The molecule has 1 aromatic rings. The highest BCUT2D eigenvalue weighted by Crippen LogP contribution is 2.15. The summed E-state index contributed by atoms with van der Waals surface area (Å²) in [5, 5.41) is 18.8. The molecule has 0 saturated carbocycles. The van der Waals surface area contributed by atoms with Crippen molar-refractivity contribution in [2.24, 2.45) is 0 Å². The van der Waals surface area contributed by atoms with Crippen molar-refractivity contribution in [3.63, 3.8) is 0 Å². The Morgan fingerprint density at radius 2 is 2.00 bits per heavy atom. The highest BCUT2D eigenvalue weighted by Gasteiger charge is 2.20. The second-order valence-corrected chi connectivity index (χ2v) is 6.23. The van der Waals surface area contributed by atoms with Gasteiger partial charge in [0.25, 0.3) is 5.56 Å². The van der Waals surface area contributed by atoms with Crippen molar-refractivity contribution in [1.29, 1.82) is 5.26 Å². The number of nitriles is 1. The number of pyridine rings is 1. The summed E-state index contributed by atoms with van der Waals surface area (Å²) in [7, 11) is 1.65. The lowest BCUT2D eigenvalue weighted by molar-refractivity contribution is -0.132. The lowest BCUT2D eigenvalue weighted by Crippen LogP contribution is -2.39. The smallest absolute Gasteiger partial charge is 0.266 e. The van der Waals surface area contributed by atoms with Gasteiger partial charge in [0.15, 0.2) is 0 Å². The topological polar surface area (TPSA) is 97.2 Å². The van der Waals surface area contributed by atoms with Gasteiger partial charge >= 0.3 is 0 Å². The van der Waals surface area contributed by atoms with Gasteiger partial charge in [0.05, 0.1) is 5.60 Å². The number of H-pyrrole nitrogens is 1. The van der Waals surface area contributed by atoms with Gasteiger partial charge in [0, 0.05) is 25.7 Å². The highest BCUT2D eigenvalue weighted by molar-refractivity contribution is 5.76. The molecule has 120 valence electrons. The number of aliphatic hydroxyl groups is 1. The van der Waals surface area contributed by atoms with Gasteiger partial charge in [-0.2, -0.15) is 5.26 Å². The van der Waals surface area contributed by atoms with Gasteiger partial charge in [-0.05, 0) is 45.2 Å². The second kappa shape index (κ2) is 6.75. The molecule has 22 heavy (non-hydrogen) atoms. The quantitative estimate of drug-likeness (QED) is 0.849. The molecule has 0 bridgehead atoms. The van der Waals surface area contributed by atoms with Gasteiger partial charge in [-0.15, -0.1) is 0 Å². The van der Waals surface area contributed by atoms with E-state index in [-0.39, 0.29) is 24.4 Å². The SMILES string of the molecule is Cc1[nH]c(=O)c(C#N)c(C)c1CCC(=O)N(C)CC(C)(C)O. The molecule has 0 unspecified atom stereocenters. The minimum absolute atomic E-state index is 0.0920. The third-order valence-electron chi connectivity index (χ3n) is 3.56. The molecule has 0 atom stereocenters. The Bertz CT molecular complexity index is 663. The van der Waals surface area contributed by atoms with Crippen molar-refractivity contribution in [3.8, 4) is 6.07 Å². The maximum atomic E-state index is 12.1. The molecule has 0 aliphatic carbocycles. The Balaban J connectivity index is 2.88. The number of aromatic nitrogens is 1. The molecule has 1 heterocycles. The maximum absolute atomic E-state index is 12.1. The van der Waals surface area contributed by atoms with Gasteiger partial charge < -0.3 is 15.0 Å². The van der Waals surface area contributed by atoms with Crippen LogP contribution < -0.4 is 5.56 Å². The third kappa shape index (κ3) is 4.43. The highest BCUT2D eigenvalue weighted by atomic mass is 16.3. The zero-order valence-corrected chi connectivity index (χ0v) is 13.8. The molecule has 6 nitrogen and oxygen atoms in total. The van der Waals surface area contributed by atoms with E-state index in [4.69, 9.17) is 5.26 Å². The molecule has 0 saturated heterocycles. The number of nitrogens with zero attached hydrogens (tertiary/aromatic N) is 2. The van der Waals surface area contributed by atoms with E-state index in [0.29, 0.717) is 17.7 Å². The Morgan fingerprint density at radius 1 is 1.41 bits per heavy atom. The van der Waals surface area contributed by atoms with Crippen LogP contribution in [-0.2, 0) is 11.2 Å². The first kappa shape index (κ1) is 17.9. The van der Waals surface area contributed by atoms with Gasteiger partial charge in [-0.3, -0.25) is 9.59 Å². The summed E-state index contributed by atoms with van der Waals surface area (Å²) < 4.78 is 0. The first-order valence-corrected chi connectivity index (χ1v) is 7.15. The molecular weight excluding hydrogens is 282 g/mol. The predicted octanol–water partition coefficient (Wildman–Crippen LogP) is 1.03. The first-order chi connectivity index (χ1) is 10.1. The Morgan fingerprint density at radius 3 is 2.50 bits per heavy atom. The molecule has 1 rings (SSSR count). The number of likely N-dealkylation sites (N-methyl/N-ethyl adjacent to an activating group) is 1. The molecule has 0 spiro atoms. The van der Waals surface area contributed by atoms with Crippen LogP contribution in [0.3, 0.4) is 0 Å². The molecule has 0 aliphatic rings. The second-order valence-electron chi connectivity index (χ2n) is 6.23. The lowest BCUT2D eigenvalue weighted by Gasteiger charge is -2.25. The normalized spacial score (nSPS) is 11.1. The monoisotopic (exact) mass is 305 g/mol.